The summed E-state index contributed by atoms with van der Waals surface area (Å²) >= 11 is 0. The molecule has 0 bridgehead atoms. The summed E-state index contributed by atoms with van der Waals surface area (Å²) in [4.78, 5) is 90.0. The minimum absolute atomic E-state index is 0.187. The molecule has 0 aromatic carbocycles. The van der Waals surface area contributed by atoms with Crippen molar-refractivity contribution >= 4 is 47.8 Å². The molecular weight excluding hydrogens is 1020 g/mol. The van der Waals surface area contributed by atoms with Crippen LogP contribution in [0, 0.1) is 21.7 Å². The molecule has 0 aromatic heterocycles. The van der Waals surface area contributed by atoms with Gasteiger partial charge in [0.1, 0.15) is 13.2 Å². The topological polar surface area (TPSA) is 210 Å². The van der Waals surface area contributed by atoms with E-state index in [2.05, 4.69) is 28.4 Å². The van der Waals surface area contributed by atoms with E-state index in [1.165, 1.54) is 0 Å². The van der Waals surface area contributed by atoms with E-state index in [0.29, 0.717) is 39.5 Å². The third-order valence-electron chi connectivity index (χ3n) is 10.1. The van der Waals surface area contributed by atoms with Crippen LogP contribution < -0.4 is 0 Å². The second kappa shape index (κ2) is 33.0. The van der Waals surface area contributed by atoms with Crippen LogP contribution in [0.4, 0.5) is 48.3 Å². The summed E-state index contributed by atoms with van der Waals surface area (Å²) in [5.74, 6) is -9.29. The van der Waals surface area contributed by atoms with Gasteiger partial charge in [-0.15, -0.1) is 0 Å². The third-order valence-corrected chi connectivity index (χ3v) is 10.1. The van der Waals surface area contributed by atoms with Crippen LogP contribution in [0.1, 0.15) is 149 Å². The van der Waals surface area contributed by atoms with Crippen molar-refractivity contribution < 1.29 is 125 Å². The number of carbonyl (C=O) groups excluding carboxylic acids is 8. The molecule has 0 saturated heterocycles. The molecule has 27 heteroatoms. The molecule has 16 nitrogen and oxygen atoms in total. The van der Waals surface area contributed by atoms with Crippen molar-refractivity contribution in [3.05, 3.63) is 0 Å². The maximum absolute atomic E-state index is 12.3. The summed E-state index contributed by atoms with van der Waals surface area (Å²) in [6.07, 6.45) is -17.6. The second-order valence-corrected chi connectivity index (χ2v) is 18.5. The van der Waals surface area contributed by atoms with Gasteiger partial charge in [0, 0.05) is 6.92 Å². The Morgan fingerprint density at radius 1 is 0.384 bits per heavy atom. The zero-order valence-electron chi connectivity index (χ0n) is 44.0. The molecule has 0 aliphatic rings. The van der Waals surface area contributed by atoms with Crippen LogP contribution >= 0.6 is 0 Å². The van der Waals surface area contributed by atoms with Gasteiger partial charge in [0.2, 0.25) is 0 Å². The Morgan fingerprint density at radius 2 is 0.685 bits per heavy atom. The van der Waals surface area contributed by atoms with Crippen LogP contribution in [0.25, 0.3) is 0 Å². The van der Waals surface area contributed by atoms with Gasteiger partial charge in [-0.05, 0) is 94.9 Å². The molecule has 2 atom stereocenters. The first-order chi connectivity index (χ1) is 32.7. The predicted octanol–water partition coefficient (Wildman–Crippen LogP) is 10.3. The monoisotopic (exact) mass is 1090 g/mol. The van der Waals surface area contributed by atoms with Crippen molar-refractivity contribution in [2.75, 3.05) is 39.6 Å². The van der Waals surface area contributed by atoms with Crippen LogP contribution in [0.15, 0.2) is 0 Å². The van der Waals surface area contributed by atoms with Gasteiger partial charge in [-0.3, -0.25) is 28.8 Å². The Morgan fingerprint density at radius 3 is 0.986 bits per heavy atom. The summed E-state index contributed by atoms with van der Waals surface area (Å²) in [5.41, 5.74) is -2.80. The van der Waals surface area contributed by atoms with Crippen molar-refractivity contribution in [2.24, 2.45) is 21.7 Å². The smallest absolute Gasteiger partial charge is 0.425 e. The minimum Gasteiger partial charge on any atom is -0.465 e. The zero-order chi connectivity index (χ0) is 58.6. The highest BCUT2D eigenvalue weighted by Gasteiger charge is 2.40. The van der Waals surface area contributed by atoms with Gasteiger partial charge < -0.3 is 37.9 Å². The molecule has 0 rings (SSSR count). The van der Waals surface area contributed by atoms with Crippen molar-refractivity contribution in [1.29, 1.82) is 0 Å². The van der Waals surface area contributed by atoms with Crippen molar-refractivity contribution in [2.45, 2.75) is 185 Å². The molecule has 0 amide bonds. The van der Waals surface area contributed by atoms with Crippen molar-refractivity contribution in [1.82, 2.24) is 0 Å². The molecule has 0 radical (unpaired) electrons. The fourth-order valence-corrected chi connectivity index (χ4v) is 3.28. The first kappa shape index (κ1) is 74.5. The number of rotatable bonds is 24. The second-order valence-electron chi connectivity index (χ2n) is 18.5. The number of hydrogen-bond donors (Lipinski definition) is 0. The third kappa shape index (κ3) is 38.3. The largest absolute Gasteiger partial charge is 0.465 e. The fraction of sp³-hybridized carbons (Fsp3) is 0.826. The van der Waals surface area contributed by atoms with Gasteiger partial charge in [-0.2, -0.15) is 39.5 Å². The number of halogens is 11. The zero-order valence-corrected chi connectivity index (χ0v) is 44.0. The van der Waals surface area contributed by atoms with Gasteiger partial charge in [0.05, 0.1) is 47.5 Å². The molecule has 0 aliphatic heterocycles. The lowest BCUT2D eigenvalue weighted by Gasteiger charge is -2.20. The van der Waals surface area contributed by atoms with Gasteiger partial charge in [-0.1, -0.05) is 27.7 Å². The Balaban J connectivity index is -0.000000435. The highest BCUT2D eigenvalue weighted by molar-refractivity contribution is 5.81. The highest BCUT2D eigenvalue weighted by Crippen LogP contribution is 2.26. The molecular formula is C46H73F11O16. The van der Waals surface area contributed by atoms with Crippen LogP contribution in [0.3, 0.4) is 0 Å². The van der Waals surface area contributed by atoms with E-state index >= 15 is 0 Å². The average molecular weight is 1090 g/mol. The number of carbonyl (C=O) groups is 8. The highest BCUT2D eigenvalue weighted by atomic mass is 19.4. The van der Waals surface area contributed by atoms with Gasteiger partial charge in [0.15, 0.2) is 32.0 Å². The van der Waals surface area contributed by atoms with Crippen molar-refractivity contribution in [3.8, 4) is 0 Å². The van der Waals surface area contributed by atoms with Gasteiger partial charge in [0.25, 0.3) is 5.92 Å². The Hall–Kier alpha value is -5.01. The maximum Gasteiger partial charge on any atom is 0.425 e. The predicted molar refractivity (Wildman–Crippen MR) is 236 cm³/mol. The van der Waals surface area contributed by atoms with E-state index in [-0.39, 0.29) is 19.6 Å². The normalized spacial score (nSPS) is 13.0. The molecule has 430 valence electrons. The quantitative estimate of drug-likeness (QED) is 0.0500. The molecule has 0 aromatic rings. The minimum atomic E-state index is -4.62. The Kier molecular flexibility index (Phi) is 33.7. The lowest BCUT2D eigenvalue weighted by molar-refractivity contribution is -0.218. The molecule has 0 heterocycles. The molecule has 0 spiro atoms. The van der Waals surface area contributed by atoms with E-state index in [1.54, 1.807) is 76.2 Å². The van der Waals surface area contributed by atoms with Gasteiger partial charge >= 0.3 is 66.3 Å². The lowest BCUT2D eigenvalue weighted by Crippen LogP contribution is -2.34. The van der Waals surface area contributed by atoms with E-state index in [0.717, 1.165) is 6.92 Å². The van der Waals surface area contributed by atoms with Gasteiger partial charge in [-0.25, -0.2) is 18.4 Å². The first-order valence-electron chi connectivity index (χ1n) is 22.6. The summed E-state index contributed by atoms with van der Waals surface area (Å²) in [7, 11) is 0. The van der Waals surface area contributed by atoms with E-state index in [9.17, 15) is 86.7 Å². The molecule has 0 aliphatic carbocycles. The summed E-state index contributed by atoms with van der Waals surface area (Å²) in [6.45, 7) is 18.9. The molecule has 0 N–H and O–H groups in total. The van der Waals surface area contributed by atoms with Crippen LogP contribution in [0.5, 0.6) is 0 Å². The van der Waals surface area contributed by atoms with Crippen molar-refractivity contribution in [3.63, 3.8) is 0 Å². The standard InChI is InChI=1S/2C12H19F3O4.C11H17F3O4.C11H18F2O4/c1-5-11(3,4)10(17)18-7-6-9(16)19-8(2)12(13,14)15;1-4-11(2,3)10(17)19-7-5-9(16)18-8-6-12(13,14)15;1-5-10(3,4)9(16)17-6-8(15)18-7(2)11(12,13)14;1-5-10(2,3)9(15)16-6-8(14)17-7-11(4,12)13/h8H,5-7H2,1-4H3;4-8H2,1-3H3;7H,5-6H2,1-4H3;5-7H2,1-4H3. The van der Waals surface area contributed by atoms with Crippen LogP contribution in [-0.4, -0.2) is 124 Å². The molecule has 2 unspecified atom stereocenters. The molecule has 0 fully saturated rings. The lowest BCUT2D eigenvalue weighted by atomic mass is 9.91. The van der Waals surface area contributed by atoms with E-state index in [4.69, 9.17) is 9.47 Å². The number of ether oxygens (including phenoxy) is 8. The van der Waals surface area contributed by atoms with Crippen LogP contribution in [0.2, 0.25) is 0 Å². The average Bonchev–Trinajstić information content (AvgIpc) is 3.25. The molecule has 73 heavy (non-hydrogen) atoms. The first-order valence-corrected chi connectivity index (χ1v) is 22.6. The fourth-order valence-electron chi connectivity index (χ4n) is 3.28. The Bertz CT molecular complexity index is 1720. The number of esters is 8. The summed E-state index contributed by atoms with van der Waals surface area (Å²) in [5, 5.41) is 0. The van der Waals surface area contributed by atoms with E-state index in [1.807, 2.05) is 6.92 Å². The van der Waals surface area contributed by atoms with E-state index < -0.39 is 145 Å². The summed E-state index contributed by atoms with van der Waals surface area (Å²) < 4.78 is 168. The number of hydrogen-bond acceptors (Lipinski definition) is 16. The SMILES string of the molecule is CCC(C)(C)C(=O)OCC(=O)OC(C)C(F)(F)F.CCC(C)(C)C(=O)OCC(=O)OCC(C)(F)F.CCC(C)(C)C(=O)OCCC(=O)OC(C)C(F)(F)F.CCC(C)(C)C(=O)OCCC(=O)OCCC(F)(F)F. The summed E-state index contributed by atoms with van der Waals surface area (Å²) in [6, 6.07) is 0. The van der Waals surface area contributed by atoms with Crippen LogP contribution in [-0.2, 0) is 76.3 Å². The maximum atomic E-state index is 12.3. The number of alkyl halides is 11. The molecule has 0 saturated carbocycles. The Labute approximate surface area is 418 Å².